The Morgan fingerprint density at radius 1 is 1.35 bits per heavy atom. The molecule has 0 saturated heterocycles. The first-order valence-corrected chi connectivity index (χ1v) is 6.05. The van der Waals surface area contributed by atoms with Gasteiger partial charge in [-0.1, -0.05) is 6.42 Å². The molecule has 0 unspecified atom stereocenters. The summed E-state index contributed by atoms with van der Waals surface area (Å²) < 4.78 is 5.66. The summed E-state index contributed by atoms with van der Waals surface area (Å²) in [4.78, 5) is 11.1. The van der Waals surface area contributed by atoms with Gasteiger partial charge in [0.2, 0.25) is 0 Å². The zero-order valence-corrected chi connectivity index (χ0v) is 10.3. The minimum absolute atomic E-state index is 0.271. The molecule has 0 radical (unpaired) electrons. The lowest BCUT2D eigenvalue weighted by molar-refractivity contribution is 0.0689. The molecule has 1 N–H and O–H groups in total. The van der Waals surface area contributed by atoms with Crippen molar-refractivity contribution in [3.05, 3.63) is 28.8 Å². The predicted octanol–water partition coefficient (Wildman–Crippen LogP) is 3.18. The highest BCUT2D eigenvalue weighted by Gasteiger charge is 2.20. The Balaban J connectivity index is 2.17. The number of carbonyl (C=O) groups is 1. The van der Waals surface area contributed by atoms with E-state index in [4.69, 9.17) is 9.84 Å². The first-order valence-electron chi connectivity index (χ1n) is 6.05. The van der Waals surface area contributed by atoms with Crippen LogP contribution in [0.25, 0.3) is 0 Å². The maximum Gasteiger partial charge on any atom is 0.339 e. The Hall–Kier alpha value is -1.51. The highest BCUT2D eigenvalue weighted by molar-refractivity contribution is 5.91. The van der Waals surface area contributed by atoms with Crippen LogP contribution in [0.4, 0.5) is 0 Å². The molecule has 0 spiro atoms. The minimum atomic E-state index is -0.920. The van der Waals surface area contributed by atoms with Crippen LogP contribution in [0.15, 0.2) is 12.1 Å². The Bertz CT molecular complexity index is 433. The van der Waals surface area contributed by atoms with Gasteiger partial charge in [-0.15, -0.1) is 0 Å². The first-order chi connectivity index (χ1) is 8.08. The maximum absolute atomic E-state index is 11.1. The zero-order chi connectivity index (χ0) is 12.4. The molecular formula is C14H18O3. The second-order valence-electron chi connectivity index (χ2n) is 4.85. The maximum atomic E-state index is 11.1. The zero-order valence-electron chi connectivity index (χ0n) is 10.3. The lowest BCUT2D eigenvalue weighted by atomic mass is 9.86. The fourth-order valence-corrected chi connectivity index (χ4v) is 1.94. The molecule has 2 rings (SSSR count). The molecule has 1 aliphatic carbocycles. The third-order valence-corrected chi connectivity index (χ3v) is 3.53. The van der Waals surface area contributed by atoms with E-state index in [1.165, 1.54) is 19.3 Å². The Kier molecular flexibility index (Phi) is 3.36. The summed E-state index contributed by atoms with van der Waals surface area (Å²) >= 11 is 0. The molecule has 1 saturated carbocycles. The standard InChI is InChI=1S/C14H18O3/c1-9-6-12(14(15)16)13(7-10(9)2)17-8-11-4-3-5-11/h6-7,11H,3-5,8H2,1-2H3,(H,15,16). The predicted molar refractivity (Wildman–Crippen MR) is 65.7 cm³/mol. The van der Waals surface area contributed by atoms with Gasteiger partial charge in [-0.05, 0) is 55.9 Å². The van der Waals surface area contributed by atoms with E-state index in [1.807, 2.05) is 19.9 Å². The summed E-state index contributed by atoms with van der Waals surface area (Å²) in [5, 5.41) is 9.14. The highest BCUT2D eigenvalue weighted by atomic mass is 16.5. The van der Waals surface area contributed by atoms with Gasteiger partial charge in [0.1, 0.15) is 11.3 Å². The molecule has 0 aromatic heterocycles. The van der Waals surface area contributed by atoms with Crippen LogP contribution >= 0.6 is 0 Å². The quantitative estimate of drug-likeness (QED) is 0.870. The molecule has 3 heteroatoms. The molecule has 0 bridgehead atoms. The summed E-state index contributed by atoms with van der Waals surface area (Å²) in [5.74, 6) is 0.197. The van der Waals surface area contributed by atoms with Crippen LogP contribution in [0.2, 0.25) is 0 Å². The summed E-state index contributed by atoms with van der Waals surface area (Å²) in [6.07, 6.45) is 3.67. The average molecular weight is 234 g/mol. The molecule has 1 fully saturated rings. The largest absolute Gasteiger partial charge is 0.492 e. The highest BCUT2D eigenvalue weighted by Crippen LogP contribution is 2.29. The topological polar surface area (TPSA) is 46.5 Å². The second kappa shape index (κ2) is 4.78. The Morgan fingerprint density at radius 2 is 2.00 bits per heavy atom. The summed E-state index contributed by atoms with van der Waals surface area (Å²) in [6, 6.07) is 3.52. The van der Waals surface area contributed by atoms with Crippen LogP contribution in [0, 0.1) is 19.8 Å². The third kappa shape index (κ3) is 2.60. The van der Waals surface area contributed by atoms with Crippen LogP contribution in [-0.4, -0.2) is 17.7 Å². The van der Waals surface area contributed by atoms with E-state index >= 15 is 0 Å². The van der Waals surface area contributed by atoms with Crippen molar-refractivity contribution in [3.8, 4) is 5.75 Å². The summed E-state index contributed by atoms with van der Waals surface area (Å²) in [7, 11) is 0. The fraction of sp³-hybridized carbons (Fsp3) is 0.500. The summed E-state index contributed by atoms with van der Waals surface area (Å²) in [6.45, 7) is 4.53. The van der Waals surface area contributed by atoms with E-state index < -0.39 is 5.97 Å². The van der Waals surface area contributed by atoms with Crippen LogP contribution in [0.3, 0.4) is 0 Å². The van der Waals surface area contributed by atoms with Crippen molar-refractivity contribution in [1.29, 1.82) is 0 Å². The number of carboxylic acid groups (broad SMARTS) is 1. The van der Waals surface area contributed by atoms with E-state index in [-0.39, 0.29) is 5.56 Å². The van der Waals surface area contributed by atoms with Crippen LogP contribution in [-0.2, 0) is 0 Å². The molecule has 0 aliphatic heterocycles. The van der Waals surface area contributed by atoms with E-state index in [2.05, 4.69) is 0 Å². The monoisotopic (exact) mass is 234 g/mol. The smallest absolute Gasteiger partial charge is 0.339 e. The molecule has 0 heterocycles. The van der Waals surface area contributed by atoms with Gasteiger partial charge >= 0.3 is 5.97 Å². The van der Waals surface area contributed by atoms with Crippen molar-refractivity contribution < 1.29 is 14.6 Å². The van der Waals surface area contributed by atoms with Crippen molar-refractivity contribution >= 4 is 5.97 Å². The number of benzene rings is 1. The van der Waals surface area contributed by atoms with E-state index in [0.29, 0.717) is 18.3 Å². The molecule has 1 aromatic rings. The van der Waals surface area contributed by atoms with E-state index in [1.54, 1.807) is 6.07 Å². The third-order valence-electron chi connectivity index (χ3n) is 3.53. The van der Waals surface area contributed by atoms with E-state index in [9.17, 15) is 4.79 Å². The number of hydrogen-bond donors (Lipinski definition) is 1. The van der Waals surface area contributed by atoms with Crippen molar-refractivity contribution in [1.82, 2.24) is 0 Å². The SMILES string of the molecule is Cc1cc(OCC2CCC2)c(C(=O)O)cc1C. The molecule has 17 heavy (non-hydrogen) atoms. The molecule has 1 aromatic carbocycles. The van der Waals surface area contributed by atoms with Gasteiger partial charge in [0, 0.05) is 0 Å². The molecule has 3 nitrogen and oxygen atoms in total. The number of rotatable bonds is 4. The van der Waals surface area contributed by atoms with Crippen molar-refractivity contribution in [2.24, 2.45) is 5.92 Å². The van der Waals surface area contributed by atoms with Crippen LogP contribution in [0.1, 0.15) is 40.7 Å². The molecular weight excluding hydrogens is 216 g/mol. The van der Waals surface area contributed by atoms with Gasteiger partial charge in [0.15, 0.2) is 0 Å². The van der Waals surface area contributed by atoms with Gasteiger partial charge in [-0.25, -0.2) is 4.79 Å². The van der Waals surface area contributed by atoms with Gasteiger partial charge in [0.05, 0.1) is 6.61 Å². The fourth-order valence-electron chi connectivity index (χ4n) is 1.94. The number of ether oxygens (including phenoxy) is 1. The van der Waals surface area contributed by atoms with Crippen LogP contribution in [0.5, 0.6) is 5.75 Å². The number of carboxylic acids is 1. The van der Waals surface area contributed by atoms with E-state index in [0.717, 1.165) is 11.1 Å². The van der Waals surface area contributed by atoms with Crippen LogP contribution < -0.4 is 4.74 Å². The Morgan fingerprint density at radius 3 is 2.53 bits per heavy atom. The molecule has 0 atom stereocenters. The van der Waals surface area contributed by atoms with Gasteiger partial charge < -0.3 is 9.84 Å². The second-order valence-corrected chi connectivity index (χ2v) is 4.85. The summed E-state index contributed by atoms with van der Waals surface area (Å²) in [5.41, 5.74) is 2.32. The lowest BCUT2D eigenvalue weighted by Crippen LogP contribution is -2.20. The molecule has 92 valence electrons. The van der Waals surface area contributed by atoms with Crippen molar-refractivity contribution in [2.75, 3.05) is 6.61 Å². The molecule has 1 aliphatic rings. The number of hydrogen-bond acceptors (Lipinski definition) is 2. The van der Waals surface area contributed by atoms with Crippen molar-refractivity contribution in [3.63, 3.8) is 0 Å². The first kappa shape index (κ1) is 12.0. The normalized spacial score (nSPS) is 15.4. The van der Waals surface area contributed by atoms with Gasteiger partial charge in [0.25, 0.3) is 0 Å². The van der Waals surface area contributed by atoms with Gasteiger partial charge in [-0.2, -0.15) is 0 Å². The lowest BCUT2D eigenvalue weighted by Gasteiger charge is -2.25. The van der Waals surface area contributed by atoms with Gasteiger partial charge in [-0.3, -0.25) is 0 Å². The average Bonchev–Trinajstić information content (AvgIpc) is 2.20. The number of aryl methyl sites for hydroxylation is 2. The molecule has 0 amide bonds. The minimum Gasteiger partial charge on any atom is -0.492 e. The number of aromatic carboxylic acids is 1. The Labute approximate surface area is 101 Å². The van der Waals surface area contributed by atoms with Crippen molar-refractivity contribution in [2.45, 2.75) is 33.1 Å².